The van der Waals surface area contributed by atoms with Crippen LogP contribution in [0.25, 0.3) is 5.76 Å². The number of carbonyl (C=O) groups is 2. The van der Waals surface area contributed by atoms with Gasteiger partial charge in [0.25, 0.3) is 0 Å². The molecule has 0 fully saturated rings. The number of hydrogen-bond donors (Lipinski definition) is 1. The van der Waals surface area contributed by atoms with E-state index < -0.39 is 18.5 Å². The van der Waals surface area contributed by atoms with Gasteiger partial charge in [-0.05, 0) is 38.8 Å². The van der Waals surface area contributed by atoms with Crippen molar-refractivity contribution in [3.8, 4) is 5.75 Å². The molecule has 0 spiro atoms. The van der Waals surface area contributed by atoms with Crippen LogP contribution in [0.15, 0.2) is 17.6 Å². The van der Waals surface area contributed by atoms with E-state index >= 15 is 0 Å². The van der Waals surface area contributed by atoms with E-state index in [0.717, 1.165) is 0 Å². The Hall–Kier alpha value is -2.03. The fraction of sp³-hybridized carbons (Fsp3) is 0.450. The Morgan fingerprint density at radius 2 is 2.00 bits per heavy atom. The lowest BCUT2D eigenvalue weighted by atomic mass is 9.75. The summed E-state index contributed by atoms with van der Waals surface area (Å²) in [5.41, 5.74) is 0.277. The van der Waals surface area contributed by atoms with Gasteiger partial charge in [0.15, 0.2) is 0 Å². The van der Waals surface area contributed by atoms with Gasteiger partial charge in [0.1, 0.15) is 11.5 Å². The first kappa shape index (κ1) is 24.2. The minimum absolute atomic E-state index is 0.0510. The van der Waals surface area contributed by atoms with E-state index in [1.165, 1.54) is 0 Å². The van der Waals surface area contributed by atoms with Crippen LogP contribution in [-0.2, 0) is 25.5 Å². The van der Waals surface area contributed by atoms with Crippen LogP contribution in [0.3, 0.4) is 0 Å². The third-order valence-electron chi connectivity index (χ3n) is 4.18. The Bertz CT molecular complexity index is 894. The second kappa shape index (κ2) is 9.85. The quantitative estimate of drug-likeness (QED) is 0.298. The molecule has 0 radical (unpaired) electrons. The van der Waals surface area contributed by atoms with Crippen LogP contribution >= 0.6 is 23.2 Å². The molecule has 1 N–H and O–H groups in total. The zero-order valence-electron chi connectivity index (χ0n) is 17.4. The molecule has 0 saturated heterocycles. The number of esters is 1. The van der Waals surface area contributed by atoms with Gasteiger partial charge >= 0.3 is 13.1 Å². The number of halogens is 2. The summed E-state index contributed by atoms with van der Waals surface area (Å²) >= 11 is 12.6. The summed E-state index contributed by atoms with van der Waals surface area (Å²) in [7, 11) is -1.43. The third kappa shape index (κ3) is 5.77. The summed E-state index contributed by atoms with van der Waals surface area (Å²) in [5.74, 6) is -0.521. The molecule has 1 aromatic rings. The number of rotatable bonds is 6. The lowest BCUT2D eigenvalue weighted by Crippen LogP contribution is -2.39. The van der Waals surface area contributed by atoms with Crippen LogP contribution in [0.2, 0.25) is 10.0 Å². The average molecular weight is 456 g/mol. The molecule has 1 aliphatic rings. The molecule has 30 heavy (non-hydrogen) atoms. The van der Waals surface area contributed by atoms with Gasteiger partial charge in [0, 0.05) is 12.8 Å². The minimum atomic E-state index is -1.43. The lowest BCUT2D eigenvalue weighted by molar-refractivity contribution is -0.161. The highest BCUT2D eigenvalue weighted by atomic mass is 35.5. The summed E-state index contributed by atoms with van der Waals surface area (Å²) in [6.45, 7) is 10.4. The number of fused-ring (bicyclic) bond motifs is 1. The highest BCUT2D eigenvalue weighted by molar-refractivity contribution is 6.82. The molecule has 2 rings (SSSR count). The topological polar surface area (TPSA) is 94.4 Å². The molecular weight excluding hydrogens is 432 g/mol. The average Bonchev–Trinajstić information content (AvgIpc) is 2.63. The minimum Gasteiger partial charge on any atom is -0.531 e. The number of ether oxygens (including phenoxy) is 2. The van der Waals surface area contributed by atoms with Crippen molar-refractivity contribution >= 4 is 53.6 Å². The maximum absolute atomic E-state index is 11.9. The molecule has 162 valence electrons. The van der Waals surface area contributed by atoms with Crippen molar-refractivity contribution < 1.29 is 28.7 Å². The van der Waals surface area contributed by atoms with Crippen molar-refractivity contribution in [2.75, 3.05) is 6.79 Å². The van der Waals surface area contributed by atoms with Crippen LogP contribution in [0.1, 0.15) is 51.7 Å². The monoisotopic (exact) mass is 455 g/mol. The first-order valence-electron chi connectivity index (χ1n) is 9.40. The molecule has 7 nitrogen and oxygen atoms in total. The summed E-state index contributed by atoms with van der Waals surface area (Å²) in [5, 5.41) is 10.6. The van der Waals surface area contributed by atoms with Gasteiger partial charge in [-0.15, -0.1) is 0 Å². The van der Waals surface area contributed by atoms with Gasteiger partial charge in [-0.1, -0.05) is 36.7 Å². The van der Waals surface area contributed by atoms with E-state index in [2.05, 4.69) is 11.6 Å². The SMILES string of the molecule is C=C(OCOC(=O)C(C)(C)C)c1c(Cl)c(Cl)cc2c1OB(O)C(=NC(=O)CCC)C2. The van der Waals surface area contributed by atoms with Crippen LogP contribution in [-0.4, -0.2) is 36.4 Å². The Morgan fingerprint density at radius 1 is 1.33 bits per heavy atom. The maximum Gasteiger partial charge on any atom is 0.575 e. The molecule has 0 bridgehead atoms. The molecule has 1 heterocycles. The molecule has 0 atom stereocenters. The Morgan fingerprint density at radius 3 is 2.60 bits per heavy atom. The number of benzene rings is 1. The number of aliphatic imine (C=N–C) groups is 1. The van der Waals surface area contributed by atoms with Crippen molar-refractivity contribution in [2.24, 2.45) is 10.4 Å². The predicted molar refractivity (Wildman–Crippen MR) is 117 cm³/mol. The van der Waals surface area contributed by atoms with E-state index in [1.54, 1.807) is 26.8 Å². The standard InChI is InChI=1S/C20H24BCl2NO6/c1-6-7-15(25)24-14-9-12-8-13(22)17(23)16(18(12)30-21(14)27)11(2)28-10-29-19(26)20(3,4)5/h8,27H,2,6-7,9-10H2,1,3-5H3. The lowest BCUT2D eigenvalue weighted by Gasteiger charge is -2.26. The number of carbonyl (C=O) groups excluding carboxylic acids is 2. The molecule has 1 amide bonds. The van der Waals surface area contributed by atoms with Crippen LogP contribution in [0.4, 0.5) is 0 Å². The van der Waals surface area contributed by atoms with Gasteiger partial charge in [-0.2, -0.15) is 0 Å². The zero-order valence-corrected chi connectivity index (χ0v) is 18.9. The first-order valence-corrected chi connectivity index (χ1v) is 10.2. The Balaban J connectivity index is 2.27. The number of amides is 1. The van der Waals surface area contributed by atoms with Gasteiger partial charge in [0.2, 0.25) is 12.7 Å². The normalized spacial score (nSPS) is 14.8. The predicted octanol–water partition coefficient (Wildman–Crippen LogP) is 4.25. The maximum atomic E-state index is 11.9. The van der Waals surface area contributed by atoms with Crippen molar-refractivity contribution in [2.45, 2.75) is 47.0 Å². The van der Waals surface area contributed by atoms with Gasteiger partial charge in [-0.25, -0.2) is 4.99 Å². The van der Waals surface area contributed by atoms with E-state index in [4.69, 9.17) is 37.3 Å². The van der Waals surface area contributed by atoms with Crippen LogP contribution in [0.5, 0.6) is 5.75 Å². The second-order valence-corrected chi connectivity index (χ2v) is 8.58. The highest BCUT2D eigenvalue weighted by Crippen LogP contribution is 2.42. The van der Waals surface area contributed by atoms with E-state index in [9.17, 15) is 14.6 Å². The fourth-order valence-electron chi connectivity index (χ4n) is 2.61. The largest absolute Gasteiger partial charge is 0.575 e. The highest BCUT2D eigenvalue weighted by Gasteiger charge is 2.35. The molecule has 0 unspecified atom stereocenters. The van der Waals surface area contributed by atoms with Crippen molar-refractivity contribution in [1.29, 1.82) is 0 Å². The Kier molecular flexibility index (Phi) is 7.96. The molecule has 0 saturated carbocycles. The molecular formula is C20H24BCl2NO6. The third-order valence-corrected chi connectivity index (χ3v) is 4.97. The van der Waals surface area contributed by atoms with E-state index in [-0.39, 0.29) is 58.3 Å². The summed E-state index contributed by atoms with van der Waals surface area (Å²) in [4.78, 5) is 27.6. The zero-order chi connectivity index (χ0) is 22.6. The molecule has 1 aliphatic heterocycles. The fourth-order valence-corrected chi connectivity index (χ4v) is 3.08. The van der Waals surface area contributed by atoms with Crippen LogP contribution < -0.4 is 4.65 Å². The van der Waals surface area contributed by atoms with Gasteiger partial charge < -0.3 is 19.2 Å². The summed E-state index contributed by atoms with van der Waals surface area (Å²) in [6.07, 6.45) is 1.06. The molecule has 1 aromatic carbocycles. The molecule has 0 aliphatic carbocycles. The molecule has 10 heteroatoms. The van der Waals surface area contributed by atoms with Gasteiger partial charge in [-0.3, -0.25) is 9.59 Å². The summed E-state index contributed by atoms with van der Waals surface area (Å²) < 4.78 is 16.1. The summed E-state index contributed by atoms with van der Waals surface area (Å²) in [6, 6.07) is 1.57. The first-order chi connectivity index (χ1) is 14.0. The van der Waals surface area contributed by atoms with E-state index in [0.29, 0.717) is 12.0 Å². The second-order valence-electron chi connectivity index (χ2n) is 7.80. The van der Waals surface area contributed by atoms with Gasteiger partial charge in [0.05, 0.1) is 26.6 Å². The van der Waals surface area contributed by atoms with Crippen molar-refractivity contribution in [3.05, 3.63) is 33.8 Å². The van der Waals surface area contributed by atoms with Crippen molar-refractivity contribution in [1.82, 2.24) is 0 Å². The Labute approximate surface area is 186 Å². The smallest absolute Gasteiger partial charge is 0.531 e. The number of hydrogen-bond acceptors (Lipinski definition) is 6. The van der Waals surface area contributed by atoms with Crippen LogP contribution in [0, 0.1) is 5.41 Å². The van der Waals surface area contributed by atoms with E-state index in [1.807, 2.05) is 6.92 Å². The van der Waals surface area contributed by atoms with Crippen molar-refractivity contribution in [3.63, 3.8) is 0 Å². The number of nitrogens with zero attached hydrogens (tertiary/aromatic N) is 1. The molecule has 0 aromatic heterocycles.